The minimum atomic E-state index is 0.150. The number of thiophene rings is 1. The lowest BCUT2D eigenvalue weighted by molar-refractivity contribution is 0.102. The molecule has 102 valence electrons. The minimum Gasteiger partial charge on any atom is -0.312 e. The molecule has 0 bridgehead atoms. The molecule has 3 rings (SSSR count). The maximum absolute atomic E-state index is 12.4. The van der Waals surface area contributed by atoms with Crippen molar-refractivity contribution in [2.75, 3.05) is 5.75 Å². The SMILES string of the molecule is Cc1c(C(=O)CSc2nncn2C)sc2ccccc12. The predicted molar refractivity (Wildman–Crippen MR) is 82.6 cm³/mol. The number of thioether (sulfide) groups is 1. The van der Waals surface area contributed by atoms with Crippen molar-refractivity contribution in [1.29, 1.82) is 0 Å². The van der Waals surface area contributed by atoms with Crippen LogP contribution in [0.4, 0.5) is 0 Å². The third-order valence-corrected chi connectivity index (χ3v) is 5.45. The molecule has 0 saturated heterocycles. The maximum Gasteiger partial charge on any atom is 0.191 e. The summed E-state index contributed by atoms with van der Waals surface area (Å²) in [4.78, 5) is 13.2. The first-order valence-electron chi connectivity index (χ1n) is 6.15. The Morgan fingerprint density at radius 2 is 2.20 bits per heavy atom. The van der Waals surface area contributed by atoms with E-state index in [1.807, 2.05) is 30.7 Å². The van der Waals surface area contributed by atoms with Gasteiger partial charge in [0.15, 0.2) is 10.9 Å². The number of benzene rings is 1. The summed E-state index contributed by atoms with van der Waals surface area (Å²) in [5.74, 6) is 0.539. The van der Waals surface area contributed by atoms with Crippen molar-refractivity contribution in [2.45, 2.75) is 12.1 Å². The van der Waals surface area contributed by atoms with Crippen molar-refractivity contribution >= 4 is 39.0 Å². The number of fused-ring (bicyclic) bond motifs is 1. The number of aromatic nitrogens is 3. The minimum absolute atomic E-state index is 0.150. The molecule has 0 saturated carbocycles. The topological polar surface area (TPSA) is 47.8 Å². The van der Waals surface area contributed by atoms with Gasteiger partial charge in [-0.05, 0) is 23.9 Å². The highest BCUT2D eigenvalue weighted by Gasteiger charge is 2.16. The Bertz CT molecular complexity index is 776. The van der Waals surface area contributed by atoms with Gasteiger partial charge < -0.3 is 4.57 Å². The first-order chi connectivity index (χ1) is 9.66. The average molecular weight is 303 g/mol. The van der Waals surface area contributed by atoms with Crippen LogP contribution in [0, 0.1) is 6.92 Å². The van der Waals surface area contributed by atoms with Crippen molar-refractivity contribution in [3.63, 3.8) is 0 Å². The molecule has 0 radical (unpaired) electrons. The number of Topliss-reactive ketones (excluding diaryl/α,β-unsaturated/α-hetero) is 1. The molecule has 0 spiro atoms. The molecule has 4 nitrogen and oxygen atoms in total. The van der Waals surface area contributed by atoms with E-state index in [0.717, 1.165) is 20.3 Å². The molecule has 0 aliphatic carbocycles. The predicted octanol–water partition coefficient (Wildman–Crippen LogP) is 3.31. The Hall–Kier alpha value is -1.66. The van der Waals surface area contributed by atoms with Crippen molar-refractivity contribution in [2.24, 2.45) is 7.05 Å². The molecule has 3 aromatic rings. The molecule has 20 heavy (non-hydrogen) atoms. The molecule has 0 atom stereocenters. The fraction of sp³-hybridized carbons (Fsp3) is 0.214. The summed E-state index contributed by atoms with van der Waals surface area (Å²) in [5, 5.41) is 9.71. The second-order valence-electron chi connectivity index (χ2n) is 4.49. The summed E-state index contributed by atoms with van der Waals surface area (Å²) in [6.45, 7) is 2.01. The van der Waals surface area contributed by atoms with Gasteiger partial charge in [0, 0.05) is 11.7 Å². The van der Waals surface area contributed by atoms with E-state index in [2.05, 4.69) is 22.3 Å². The van der Waals surface area contributed by atoms with Crippen LogP contribution in [0.15, 0.2) is 35.7 Å². The number of aryl methyl sites for hydroxylation is 2. The number of ketones is 1. The highest BCUT2D eigenvalue weighted by molar-refractivity contribution is 7.99. The van der Waals surface area contributed by atoms with Crippen molar-refractivity contribution in [3.05, 3.63) is 41.0 Å². The number of rotatable bonds is 4. The molecule has 0 unspecified atom stereocenters. The zero-order valence-corrected chi connectivity index (χ0v) is 12.8. The Labute approximate surface area is 124 Å². The highest BCUT2D eigenvalue weighted by Crippen LogP contribution is 2.31. The van der Waals surface area contributed by atoms with Gasteiger partial charge in [-0.1, -0.05) is 30.0 Å². The van der Waals surface area contributed by atoms with Gasteiger partial charge in [0.2, 0.25) is 0 Å². The van der Waals surface area contributed by atoms with Crippen LogP contribution in [0.25, 0.3) is 10.1 Å². The lowest BCUT2D eigenvalue weighted by Gasteiger charge is -2.00. The van der Waals surface area contributed by atoms with Crippen LogP contribution < -0.4 is 0 Å². The number of hydrogen-bond donors (Lipinski definition) is 0. The van der Waals surface area contributed by atoms with E-state index in [9.17, 15) is 4.79 Å². The molecule has 1 aromatic carbocycles. The lowest BCUT2D eigenvalue weighted by atomic mass is 10.1. The summed E-state index contributed by atoms with van der Waals surface area (Å²) < 4.78 is 2.98. The Morgan fingerprint density at radius 3 is 2.90 bits per heavy atom. The molecule has 6 heteroatoms. The number of nitrogens with zero attached hydrogens (tertiary/aromatic N) is 3. The van der Waals surface area contributed by atoms with Crippen LogP contribution in [-0.2, 0) is 7.05 Å². The van der Waals surface area contributed by atoms with Crippen molar-refractivity contribution < 1.29 is 4.79 Å². The molecule has 0 aliphatic rings. The normalized spacial score (nSPS) is 11.1. The van der Waals surface area contributed by atoms with Crippen molar-refractivity contribution in [1.82, 2.24) is 14.8 Å². The Balaban J connectivity index is 1.82. The second kappa shape index (κ2) is 5.38. The quantitative estimate of drug-likeness (QED) is 0.548. The standard InChI is InChI=1S/C14H13N3OS2/c1-9-10-5-3-4-6-12(10)20-13(9)11(18)7-19-14-16-15-8-17(14)2/h3-6,8H,7H2,1-2H3. The van der Waals surface area contributed by atoms with Gasteiger partial charge in [-0.25, -0.2) is 0 Å². The second-order valence-corrected chi connectivity index (χ2v) is 6.48. The van der Waals surface area contributed by atoms with Crippen LogP contribution in [0.3, 0.4) is 0 Å². The third kappa shape index (κ3) is 2.36. The molecular formula is C14H13N3OS2. The van der Waals surface area contributed by atoms with E-state index < -0.39 is 0 Å². The molecule has 0 aliphatic heterocycles. The fourth-order valence-electron chi connectivity index (χ4n) is 2.04. The molecular weight excluding hydrogens is 290 g/mol. The van der Waals surface area contributed by atoms with Crippen LogP contribution in [0.1, 0.15) is 15.2 Å². The summed E-state index contributed by atoms with van der Waals surface area (Å²) in [6, 6.07) is 8.12. The molecule has 0 fully saturated rings. The third-order valence-electron chi connectivity index (χ3n) is 3.10. The largest absolute Gasteiger partial charge is 0.312 e. The average Bonchev–Trinajstić information content (AvgIpc) is 3.01. The maximum atomic E-state index is 12.4. The van der Waals surface area contributed by atoms with Crippen LogP contribution >= 0.6 is 23.1 Å². The molecule has 2 aromatic heterocycles. The number of carbonyl (C=O) groups excluding carboxylic acids is 1. The van der Waals surface area contributed by atoms with Gasteiger partial charge in [-0.3, -0.25) is 4.79 Å². The summed E-state index contributed by atoms with van der Waals surface area (Å²) in [5.41, 5.74) is 1.08. The molecule has 0 N–H and O–H groups in total. The lowest BCUT2D eigenvalue weighted by Crippen LogP contribution is -2.02. The van der Waals surface area contributed by atoms with Gasteiger partial charge in [-0.2, -0.15) is 0 Å². The summed E-state index contributed by atoms with van der Waals surface area (Å²) >= 11 is 2.99. The smallest absolute Gasteiger partial charge is 0.191 e. The van der Waals surface area contributed by atoms with E-state index in [-0.39, 0.29) is 5.78 Å². The van der Waals surface area contributed by atoms with Gasteiger partial charge in [0.05, 0.1) is 10.6 Å². The van der Waals surface area contributed by atoms with E-state index in [1.54, 1.807) is 17.7 Å². The zero-order chi connectivity index (χ0) is 14.1. The van der Waals surface area contributed by atoms with Crippen LogP contribution in [0.5, 0.6) is 0 Å². The number of carbonyl (C=O) groups is 1. The van der Waals surface area contributed by atoms with E-state index in [1.165, 1.54) is 17.1 Å². The summed E-state index contributed by atoms with van der Waals surface area (Å²) in [6.07, 6.45) is 1.64. The van der Waals surface area contributed by atoms with Gasteiger partial charge in [0.1, 0.15) is 6.33 Å². The van der Waals surface area contributed by atoms with Gasteiger partial charge in [0.25, 0.3) is 0 Å². The van der Waals surface area contributed by atoms with E-state index >= 15 is 0 Å². The Morgan fingerprint density at radius 1 is 1.40 bits per heavy atom. The van der Waals surface area contributed by atoms with Gasteiger partial charge in [-0.15, -0.1) is 21.5 Å². The van der Waals surface area contributed by atoms with Gasteiger partial charge >= 0.3 is 0 Å². The van der Waals surface area contributed by atoms with E-state index in [0.29, 0.717) is 5.75 Å². The molecule has 2 heterocycles. The van der Waals surface area contributed by atoms with E-state index in [4.69, 9.17) is 0 Å². The Kier molecular flexibility index (Phi) is 3.58. The molecule has 0 amide bonds. The first-order valence-corrected chi connectivity index (χ1v) is 7.95. The fourth-order valence-corrected chi connectivity index (χ4v) is 4.04. The first kappa shape index (κ1) is 13.3. The number of hydrogen-bond acceptors (Lipinski definition) is 5. The van der Waals surface area contributed by atoms with Crippen molar-refractivity contribution in [3.8, 4) is 0 Å². The highest BCUT2D eigenvalue weighted by atomic mass is 32.2. The van der Waals surface area contributed by atoms with Crippen LogP contribution in [0.2, 0.25) is 0 Å². The summed E-state index contributed by atoms with van der Waals surface area (Å²) in [7, 11) is 1.87. The van der Waals surface area contributed by atoms with Crippen LogP contribution in [-0.4, -0.2) is 26.3 Å². The monoisotopic (exact) mass is 303 g/mol. The zero-order valence-electron chi connectivity index (χ0n) is 11.2.